The molecule has 0 aromatic heterocycles. The maximum atomic E-state index is 12.4. The molecule has 2 aliphatic heterocycles. The molecule has 1 saturated heterocycles. The third-order valence-corrected chi connectivity index (χ3v) is 4.81. The molecule has 0 unspecified atom stereocenters. The van der Waals surface area contributed by atoms with Gasteiger partial charge in [-0.2, -0.15) is 0 Å². The van der Waals surface area contributed by atoms with Gasteiger partial charge in [-0.25, -0.2) is 4.79 Å². The number of hydrogen-bond donors (Lipinski definition) is 0. The van der Waals surface area contributed by atoms with Crippen molar-refractivity contribution in [2.45, 2.75) is 25.0 Å². The quantitative estimate of drug-likeness (QED) is 0.845. The lowest BCUT2D eigenvalue weighted by Crippen LogP contribution is -2.45. The smallest absolute Gasteiger partial charge is 0.410 e. The molecule has 0 radical (unpaired) electrons. The molecule has 23 heavy (non-hydrogen) atoms. The van der Waals surface area contributed by atoms with Crippen LogP contribution in [0.1, 0.15) is 35.3 Å². The van der Waals surface area contributed by atoms with Gasteiger partial charge < -0.3 is 14.4 Å². The number of cyclic esters (lactones) is 1. The van der Waals surface area contributed by atoms with E-state index in [0.29, 0.717) is 0 Å². The van der Waals surface area contributed by atoms with Crippen LogP contribution in [-0.2, 0) is 11.2 Å². The Morgan fingerprint density at radius 3 is 2.70 bits per heavy atom. The second-order valence-corrected chi connectivity index (χ2v) is 6.04. The van der Waals surface area contributed by atoms with E-state index in [4.69, 9.17) is 9.47 Å². The van der Waals surface area contributed by atoms with Gasteiger partial charge in [0.25, 0.3) is 0 Å². The lowest BCUT2D eigenvalue weighted by atomic mass is 9.87. The number of nitrogens with zero attached hydrogens (tertiary/aromatic N) is 1. The third-order valence-electron chi connectivity index (χ3n) is 4.81. The van der Waals surface area contributed by atoms with Crippen molar-refractivity contribution in [2.75, 3.05) is 13.7 Å². The third kappa shape index (κ3) is 2.44. The number of carbonyl (C=O) groups is 1. The molecule has 4 nitrogen and oxygen atoms in total. The largest absolute Gasteiger partial charge is 0.497 e. The number of methoxy groups -OCH3 is 1. The van der Waals surface area contributed by atoms with Crippen LogP contribution in [0.3, 0.4) is 0 Å². The molecule has 4 heteroatoms. The predicted molar refractivity (Wildman–Crippen MR) is 86.4 cm³/mol. The van der Waals surface area contributed by atoms with Crippen LogP contribution in [0.15, 0.2) is 48.5 Å². The number of carbonyl (C=O) groups excluding carboxylic acids is 1. The first-order chi connectivity index (χ1) is 11.3. The molecule has 0 saturated carbocycles. The Bertz CT molecular complexity index is 726. The zero-order valence-corrected chi connectivity index (χ0v) is 13.1. The molecule has 2 heterocycles. The van der Waals surface area contributed by atoms with Crippen LogP contribution in [0.25, 0.3) is 0 Å². The van der Waals surface area contributed by atoms with Crippen LogP contribution in [0, 0.1) is 0 Å². The first kappa shape index (κ1) is 14.1. The van der Waals surface area contributed by atoms with Gasteiger partial charge in [0.1, 0.15) is 11.9 Å². The van der Waals surface area contributed by atoms with Crippen LogP contribution in [0.5, 0.6) is 5.75 Å². The van der Waals surface area contributed by atoms with E-state index in [9.17, 15) is 4.79 Å². The van der Waals surface area contributed by atoms with Gasteiger partial charge in [-0.3, -0.25) is 0 Å². The molecule has 1 amide bonds. The summed E-state index contributed by atoms with van der Waals surface area (Å²) in [6.07, 6.45) is 1.27. The minimum absolute atomic E-state index is 0.105. The second-order valence-electron chi connectivity index (χ2n) is 6.04. The average Bonchev–Trinajstić information content (AvgIpc) is 2.61. The van der Waals surface area contributed by atoms with Crippen LogP contribution >= 0.6 is 0 Å². The lowest BCUT2D eigenvalue weighted by Gasteiger charge is -2.42. The summed E-state index contributed by atoms with van der Waals surface area (Å²) in [5.74, 6) is 0.806. The molecule has 2 aliphatic rings. The predicted octanol–water partition coefficient (Wildman–Crippen LogP) is 3.88. The molecule has 0 aliphatic carbocycles. The van der Waals surface area contributed by atoms with Gasteiger partial charge in [-0.15, -0.1) is 0 Å². The number of ether oxygens (including phenoxy) is 2. The zero-order chi connectivity index (χ0) is 15.8. The summed E-state index contributed by atoms with van der Waals surface area (Å²) in [5, 5.41) is 0. The molecule has 4 rings (SSSR count). The van der Waals surface area contributed by atoms with Crippen molar-refractivity contribution >= 4 is 6.09 Å². The van der Waals surface area contributed by atoms with E-state index in [2.05, 4.69) is 18.2 Å². The van der Waals surface area contributed by atoms with Crippen molar-refractivity contribution in [2.24, 2.45) is 0 Å². The molecular formula is C19H19NO3. The summed E-state index contributed by atoms with van der Waals surface area (Å²) in [7, 11) is 1.65. The Morgan fingerprint density at radius 2 is 1.91 bits per heavy atom. The molecule has 2 aromatic rings. The van der Waals surface area contributed by atoms with E-state index in [1.807, 2.05) is 35.2 Å². The molecule has 118 valence electrons. The van der Waals surface area contributed by atoms with Crippen LogP contribution in [0.2, 0.25) is 0 Å². The molecule has 2 aromatic carbocycles. The second kappa shape index (κ2) is 5.61. The Labute approximate surface area is 135 Å². The first-order valence-electron chi connectivity index (χ1n) is 7.95. The normalized spacial score (nSPS) is 22.8. The lowest BCUT2D eigenvalue weighted by molar-refractivity contribution is -0.00646. The molecular weight excluding hydrogens is 290 g/mol. The summed E-state index contributed by atoms with van der Waals surface area (Å²) < 4.78 is 10.9. The SMILES string of the molecule is COc1ccc([C@@H]2C[C@@H]3c4ccccc4CCN3C(=O)O2)cc1. The molecule has 0 spiro atoms. The minimum Gasteiger partial charge on any atom is -0.497 e. The van der Waals surface area contributed by atoms with E-state index < -0.39 is 0 Å². The fourth-order valence-corrected chi connectivity index (χ4v) is 3.59. The van der Waals surface area contributed by atoms with Crippen molar-refractivity contribution < 1.29 is 14.3 Å². The van der Waals surface area contributed by atoms with Crippen LogP contribution < -0.4 is 4.74 Å². The topological polar surface area (TPSA) is 38.8 Å². The number of amides is 1. The van der Waals surface area contributed by atoms with Crippen LogP contribution in [0.4, 0.5) is 4.79 Å². The number of fused-ring (bicyclic) bond motifs is 3. The molecule has 0 bridgehead atoms. The Balaban J connectivity index is 1.65. The minimum atomic E-state index is -0.212. The summed E-state index contributed by atoms with van der Waals surface area (Å²) >= 11 is 0. The van der Waals surface area contributed by atoms with Gasteiger partial charge in [0.15, 0.2) is 0 Å². The van der Waals surface area contributed by atoms with Gasteiger partial charge in [-0.1, -0.05) is 36.4 Å². The monoisotopic (exact) mass is 309 g/mol. The highest BCUT2D eigenvalue weighted by atomic mass is 16.6. The number of benzene rings is 2. The van der Waals surface area contributed by atoms with E-state index >= 15 is 0 Å². The zero-order valence-electron chi connectivity index (χ0n) is 13.1. The molecule has 2 atom stereocenters. The van der Waals surface area contributed by atoms with Gasteiger partial charge in [0, 0.05) is 13.0 Å². The molecule has 1 fully saturated rings. The fourth-order valence-electron chi connectivity index (χ4n) is 3.59. The maximum absolute atomic E-state index is 12.4. The van der Waals surface area contributed by atoms with Crippen molar-refractivity contribution in [1.82, 2.24) is 4.90 Å². The van der Waals surface area contributed by atoms with E-state index in [0.717, 1.165) is 30.7 Å². The summed E-state index contributed by atoms with van der Waals surface area (Å²) in [6.45, 7) is 0.732. The van der Waals surface area contributed by atoms with Gasteiger partial charge in [-0.05, 0) is 35.2 Å². The standard InChI is InChI=1S/C19H19NO3/c1-22-15-8-6-14(7-9-15)18-12-17-16-5-3-2-4-13(16)10-11-20(17)19(21)23-18/h2-9,17-18H,10-12H2,1H3/t17-,18+/m1/s1. The van der Waals surface area contributed by atoms with Crippen molar-refractivity contribution in [1.29, 1.82) is 0 Å². The maximum Gasteiger partial charge on any atom is 0.410 e. The summed E-state index contributed by atoms with van der Waals surface area (Å²) in [4.78, 5) is 14.3. The van der Waals surface area contributed by atoms with E-state index in [-0.39, 0.29) is 18.2 Å². The highest BCUT2D eigenvalue weighted by molar-refractivity contribution is 5.70. The van der Waals surface area contributed by atoms with Crippen molar-refractivity contribution in [3.8, 4) is 5.75 Å². The average molecular weight is 309 g/mol. The van der Waals surface area contributed by atoms with Gasteiger partial charge in [0.2, 0.25) is 0 Å². The Kier molecular flexibility index (Phi) is 3.45. The van der Waals surface area contributed by atoms with E-state index in [1.54, 1.807) is 7.11 Å². The van der Waals surface area contributed by atoms with Crippen LogP contribution in [-0.4, -0.2) is 24.6 Å². The van der Waals surface area contributed by atoms with Crippen molar-refractivity contribution in [3.05, 3.63) is 65.2 Å². The van der Waals surface area contributed by atoms with Gasteiger partial charge in [0.05, 0.1) is 13.2 Å². The summed E-state index contributed by atoms with van der Waals surface area (Å²) in [5.41, 5.74) is 3.62. The fraction of sp³-hybridized carbons (Fsp3) is 0.316. The number of hydrogen-bond acceptors (Lipinski definition) is 3. The Morgan fingerprint density at radius 1 is 1.13 bits per heavy atom. The first-order valence-corrected chi connectivity index (χ1v) is 7.95. The van der Waals surface area contributed by atoms with Crippen molar-refractivity contribution in [3.63, 3.8) is 0 Å². The summed E-state index contributed by atoms with van der Waals surface area (Å²) in [6, 6.07) is 16.3. The molecule has 0 N–H and O–H groups in total. The Hall–Kier alpha value is -2.49. The highest BCUT2D eigenvalue weighted by Gasteiger charge is 2.39. The van der Waals surface area contributed by atoms with E-state index in [1.165, 1.54) is 11.1 Å². The van der Waals surface area contributed by atoms with Gasteiger partial charge >= 0.3 is 6.09 Å². The highest BCUT2D eigenvalue weighted by Crippen LogP contribution is 2.42. The number of rotatable bonds is 2.